The molecule has 0 saturated heterocycles. The van der Waals surface area contributed by atoms with E-state index in [1.165, 1.54) is 0 Å². The van der Waals surface area contributed by atoms with Gasteiger partial charge >= 0.3 is 12.1 Å². The molecule has 0 saturated carbocycles. The fourth-order valence-electron chi connectivity index (χ4n) is 0.416. The molecule has 7 heteroatoms. The first-order chi connectivity index (χ1) is 6.23. The summed E-state index contributed by atoms with van der Waals surface area (Å²) in [7, 11) is 0. The first-order valence-corrected chi connectivity index (χ1v) is 3.40. The minimum absolute atomic E-state index is 0.283. The second-order valence-corrected chi connectivity index (χ2v) is 2.27. The Kier molecular flexibility index (Phi) is 4.13. The van der Waals surface area contributed by atoms with Crippen molar-refractivity contribution in [1.29, 1.82) is 0 Å². The molecule has 0 aromatic heterocycles. The Morgan fingerprint density at radius 3 is 2.21 bits per heavy atom. The van der Waals surface area contributed by atoms with Crippen LogP contribution >= 0.6 is 0 Å². The molecule has 0 aromatic rings. The minimum atomic E-state index is -4.66. The molecule has 0 fully saturated rings. The molecule has 0 aromatic carbocycles. The fourth-order valence-corrected chi connectivity index (χ4v) is 0.416. The summed E-state index contributed by atoms with van der Waals surface area (Å²) < 4.78 is 39.2. The molecular formula is C7H6F3O4-. The quantitative estimate of drug-likeness (QED) is 0.478. The van der Waals surface area contributed by atoms with Crippen molar-refractivity contribution in [2.45, 2.75) is 19.2 Å². The van der Waals surface area contributed by atoms with Crippen molar-refractivity contribution in [2.24, 2.45) is 0 Å². The Balaban J connectivity index is 4.14. The lowest BCUT2D eigenvalue weighted by molar-refractivity contribution is -0.297. The van der Waals surface area contributed by atoms with Crippen molar-refractivity contribution in [3.05, 3.63) is 12.2 Å². The number of ether oxygens (including phenoxy) is 1. The van der Waals surface area contributed by atoms with Crippen LogP contribution in [-0.4, -0.2) is 24.2 Å². The molecule has 0 spiro atoms. The Morgan fingerprint density at radius 2 is 1.86 bits per heavy atom. The molecule has 4 nitrogen and oxygen atoms in total. The summed E-state index contributed by atoms with van der Waals surface area (Å²) in [5, 5.41) is 9.76. The van der Waals surface area contributed by atoms with Crippen LogP contribution in [0.3, 0.4) is 0 Å². The second kappa shape index (κ2) is 4.64. The molecule has 1 atom stereocenters. The van der Waals surface area contributed by atoms with E-state index in [9.17, 15) is 27.9 Å². The topological polar surface area (TPSA) is 66.4 Å². The van der Waals surface area contributed by atoms with Crippen LogP contribution in [0.2, 0.25) is 0 Å². The Bertz CT molecular complexity index is 256. The molecule has 80 valence electrons. The smallest absolute Gasteiger partial charge is 0.425 e. The van der Waals surface area contributed by atoms with Crippen LogP contribution < -0.4 is 5.11 Å². The standard InChI is InChI=1S/C7H7F3O4/c1-4(7(8,9)10)14-6(13)3-2-5(11)12/h2-4H,1H3,(H,11,12)/p-1. The summed E-state index contributed by atoms with van der Waals surface area (Å²) >= 11 is 0. The van der Waals surface area contributed by atoms with Gasteiger partial charge in [-0.15, -0.1) is 0 Å². The lowest BCUT2D eigenvalue weighted by atomic mass is 10.4. The Hall–Kier alpha value is -1.53. The molecule has 0 radical (unpaired) electrons. The SMILES string of the molecule is CC(OC(=O)C=CC(=O)[O-])C(F)(F)F. The number of alkyl halides is 3. The lowest BCUT2D eigenvalue weighted by Gasteiger charge is -2.14. The van der Waals surface area contributed by atoms with Gasteiger partial charge in [0.25, 0.3) is 0 Å². The Labute approximate surface area is 77.0 Å². The van der Waals surface area contributed by atoms with Crippen LogP contribution in [0.15, 0.2) is 12.2 Å². The van der Waals surface area contributed by atoms with Gasteiger partial charge in [0.05, 0.1) is 5.97 Å². The van der Waals surface area contributed by atoms with Crippen LogP contribution in [-0.2, 0) is 14.3 Å². The zero-order valence-corrected chi connectivity index (χ0v) is 7.00. The van der Waals surface area contributed by atoms with E-state index in [-0.39, 0.29) is 6.08 Å². The van der Waals surface area contributed by atoms with Gasteiger partial charge in [0, 0.05) is 6.08 Å². The number of rotatable bonds is 3. The van der Waals surface area contributed by atoms with E-state index >= 15 is 0 Å². The number of hydrogen-bond acceptors (Lipinski definition) is 4. The van der Waals surface area contributed by atoms with Gasteiger partial charge in [-0.3, -0.25) is 0 Å². The number of hydrogen-bond donors (Lipinski definition) is 0. The molecule has 0 amide bonds. The van der Waals surface area contributed by atoms with Gasteiger partial charge < -0.3 is 14.6 Å². The van der Waals surface area contributed by atoms with Gasteiger partial charge in [-0.05, 0) is 13.0 Å². The van der Waals surface area contributed by atoms with Crippen molar-refractivity contribution in [3.8, 4) is 0 Å². The van der Waals surface area contributed by atoms with E-state index in [0.29, 0.717) is 13.0 Å². The third-order valence-electron chi connectivity index (χ3n) is 1.11. The summed E-state index contributed by atoms with van der Waals surface area (Å²) in [6.45, 7) is 0.630. The number of aliphatic carboxylic acids is 1. The molecule has 0 aliphatic heterocycles. The predicted octanol–water partition coefficient (Wildman–Crippen LogP) is -0.214. The number of carboxylic acids is 1. The molecule has 0 N–H and O–H groups in total. The minimum Gasteiger partial charge on any atom is -0.545 e. The van der Waals surface area contributed by atoms with Crippen LogP contribution in [0.4, 0.5) is 13.2 Å². The number of carbonyl (C=O) groups excluding carboxylic acids is 2. The van der Waals surface area contributed by atoms with Gasteiger partial charge in [0.1, 0.15) is 0 Å². The average Bonchev–Trinajstić information content (AvgIpc) is 1.99. The molecular weight excluding hydrogens is 205 g/mol. The van der Waals surface area contributed by atoms with E-state index in [1.807, 2.05) is 0 Å². The lowest BCUT2D eigenvalue weighted by Crippen LogP contribution is -2.30. The molecule has 0 bridgehead atoms. The van der Waals surface area contributed by atoms with Gasteiger partial charge in [-0.25, -0.2) is 4.79 Å². The fraction of sp³-hybridized carbons (Fsp3) is 0.429. The average molecular weight is 211 g/mol. The largest absolute Gasteiger partial charge is 0.545 e. The van der Waals surface area contributed by atoms with E-state index in [1.54, 1.807) is 0 Å². The van der Waals surface area contributed by atoms with Crippen LogP contribution in [0.25, 0.3) is 0 Å². The zero-order valence-electron chi connectivity index (χ0n) is 7.00. The van der Waals surface area contributed by atoms with Gasteiger partial charge in [-0.1, -0.05) is 0 Å². The van der Waals surface area contributed by atoms with E-state index in [0.717, 1.165) is 0 Å². The van der Waals surface area contributed by atoms with Crippen LogP contribution in [0.5, 0.6) is 0 Å². The normalized spacial score (nSPS) is 14.0. The summed E-state index contributed by atoms with van der Waals surface area (Å²) in [5.74, 6) is -3.08. The highest BCUT2D eigenvalue weighted by molar-refractivity contribution is 5.89. The number of halogens is 3. The first kappa shape index (κ1) is 12.5. The highest BCUT2D eigenvalue weighted by atomic mass is 19.4. The van der Waals surface area contributed by atoms with Crippen molar-refractivity contribution in [3.63, 3.8) is 0 Å². The Morgan fingerprint density at radius 1 is 1.36 bits per heavy atom. The van der Waals surface area contributed by atoms with Crippen molar-refractivity contribution >= 4 is 11.9 Å². The van der Waals surface area contributed by atoms with Crippen molar-refractivity contribution < 1.29 is 32.6 Å². The first-order valence-electron chi connectivity index (χ1n) is 3.40. The molecule has 14 heavy (non-hydrogen) atoms. The number of carboxylic acid groups (broad SMARTS) is 1. The maximum atomic E-state index is 11.8. The highest BCUT2D eigenvalue weighted by Gasteiger charge is 2.38. The van der Waals surface area contributed by atoms with Crippen molar-refractivity contribution in [2.75, 3.05) is 0 Å². The third-order valence-corrected chi connectivity index (χ3v) is 1.11. The second-order valence-electron chi connectivity index (χ2n) is 2.27. The summed E-state index contributed by atoms with van der Waals surface area (Å²) in [6, 6.07) is 0. The van der Waals surface area contributed by atoms with Gasteiger partial charge in [-0.2, -0.15) is 13.2 Å². The number of carbonyl (C=O) groups is 2. The van der Waals surface area contributed by atoms with Crippen LogP contribution in [0, 0.1) is 0 Å². The maximum absolute atomic E-state index is 11.8. The van der Waals surface area contributed by atoms with Gasteiger partial charge in [0.2, 0.25) is 0 Å². The van der Waals surface area contributed by atoms with E-state index in [2.05, 4.69) is 4.74 Å². The van der Waals surface area contributed by atoms with E-state index < -0.39 is 24.2 Å². The predicted molar refractivity (Wildman–Crippen MR) is 35.8 cm³/mol. The highest BCUT2D eigenvalue weighted by Crippen LogP contribution is 2.22. The third kappa shape index (κ3) is 5.18. The maximum Gasteiger partial charge on any atom is 0.425 e. The van der Waals surface area contributed by atoms with Gasteiger partial charge in [0.15, 0.2) is 6.10 Å². The molecule has 1 unspecified atom stereocenters. The zero-order chi connectivity index (χ0) is 11.4. The molecule has 0 aliphatic rings. The molecule has 0 aliphatic carbocycles. The monoisotopic (exact) mass is 211 g/mol. The number of esters is 1. The van der Waals surface area contributed by atoms with Crippen molar-refractivity contribution in [1.82, 2.24) is 0 Å². The van der Waals surface area contributed by atoms with Crippen LogP contribution in [0.1, 0.15) is 6.92 Å². The molecule has 0 rings (SSSR count). The summed E-state index contributed by atoms with van der Waals surface area (Å²) in [4.78, 5) is 20.3. The van der Waals surface area contributed by atoms with E-state index in [4.69, 9.17) is 0 Å². The summed E-state index contributed by atoms with van der Waals surface area (Å²) in [6.07, 6.45) is -6.31. The molecule has 0 heterocycles. The summed E-state index contributed by atoms with van der Waals surface area (Å²) in [5.41, 5.74) is 0.